The number of nitro groups is 1. The summed E-state index contributed by atoms with van der Waals surface area (Å²) in [6, 6.07) is 3.26. The van der Waals surface area contributed by atoms with Crippen LogP contribution in [0, 0.1) is 10.1 Å². The molecule has 1 aliphatic heterocycles. The Hall–Kier alpha value is -1.73. The first-order valence-electron chi connectivity index (χ1n) is 6.18. The number of nitrogens with zero attached hydrogens (tertiary/aromatic N) is 4. The van der Waals surface area contributed by atoms with Gasteiger partial charge in [-0.05, 0) is 30.1 Å². The number of piperazine rings is 1. The number of rotatable bonds is 4. The zero-order valence-corrected chi connectivity index (χ0v) is 11.2. The average Bonchev–Trinajstić information content (AvgIpc) is 2.40. The van der Waals surface area contributed by atoms with Crippen molar-refractivity contribution in [2.75, 3.05) is 40.3 Å². The highest BCUT2D eigenvalue weighted by molar-refractivity contribution is 5.26. The van der Waals surface area contributed by atoms with E-state index in [0.717, 1.165) is 19.6 Å². The van der Waals surface area contributed by atoms with Crippen LogP contribution in [0.3, 0.4) is 0 Å². The quantitative estimate of drug-likeness (QED) is 0.587. The number of hydrogen-bond acceptors (Lipinski definition) is 6. The Bertz CT molecular complexity index is 437. The van der Waals surface area contributed by atoms with Gasteiger partial charge >= 0.3 is 5.82 Å². The minimum absolute atomic E-state index is 0.165. The van der Waals surface area contributed by atoms with Gasteiger partial charge in [0.05, 0.1) is 6.04 Å². The monoisotopic (exact) mass is 266 g/mol. The third-order valence-corrected chi connectivity index (χ3v) is 3.33. The topological polar surface area (TPSA) is 71.7 Å². The van der Waals surface area contributed by atoms with Crippen molar-refractivity contribution in [1.82, 2.24) is 14.8 Å². The molecular formula is C12H18N4O3. The van der Waals surface area contributed by atoms with Crippen molar-refractivity contribution < 1.29 is 9.66 Å². The Balaban J connectivity index is 1.89. The van der Waals surface area contributed by atoms with Crippen LogP contribution in [0.4, 0.5) is 5.82 Å². The van der Waals surface area contributed by atoms with E-state index in [1.165, 1.54) is 12.3 Å². The number of likely N-dealkylation sites (N-methyl/N-ethyl adjacent to an activating group) is 2. The third-order valence-electron chi connectivity index (χ3n) is 3.33. The molecule has 1 aromatic heterocycles. The van der Waals surface area contributed by atoms with Gasteiger partial charge in [0.2, 0.25) is 0 Å². The summed E-state index contributed by atoms with van der Waals surface area (Å²) in [5, 5.41) is 10.5. The molecule has 0 N–H and O–H groups in total. The second-order valence-corrected chi connectivity index (χ2v) is 4.82. The number of aromatic nitrogens is 1. The first-order valence-corrected chi connectivity index (χ1v) is 6.18. The van der Waals surface area contributed by atoms with Gasteiger partial charge in [0, 0.05) is 25.7 Å². The van der Waals surface area contributed by atoms with E-state index in [1.807, 2.05) is 0 Å². The van der Waals surface area contributed by atoms with E-state index >= 15 is 0 Å². The summed E-state index contributed by atoms with van der Waals surface area (Å²) in [7, 11) is 4.17. The normalized spacial score (nSPS) is 21.3. The van der Waals surface area contributed by atoms with Crippen LogP contribution in [0.1, 0.15) is 0 Å². The number of pyridine rings is 1. The van der Waals surface area contributed by atoms with E-state index in [9.17, 15) is 10.1 Å². The molecule has 1 fully saturated rings. The molecular weight excluding hydrogens is 248 g/mol. The van der Waals surface area contributed by atoms with E-state index in [2.05, 4.69) is 28.9 Å². The molecule has 1 saturated heterocycles. The molecule has 0 aliphatic carbocycles. The fourth-order valence-corrected chi connectivity index (χ4v) is 2.04. The molecule has 0 radical (unpaired) electrons. The van der Waals surface area contributed by atoms with Gasteiger partial charge < -0.3 is 19.8 Å². The maximum Gasteiger partial charge on any atom is 0.363 e. The Morgan fingerprint density at radius 3 is 2.89 bits per heavy atom. The van der Waals surface area contributed by atoms with Gasteiger partial charge in [-0.2, -0.15) is 0 Å². The van der Waals surface area contributed by atoms with Crippen LogP contribution in [-0.2, 0) is 0 Å². The molecule has 19 heavy (non-hydrogen) atoms. The maximum atomic E-state index is 10.5. The van der Waals surface area contributed by atoms with Crippen LogP contribution >= 0.6 is 0 Å². The minimum Gasteiger partial charge on any atom is -0.488 e. The summed E-state index contributed by atoms with van der Waals surface area (Å²) < 4.78 is 5.65. The number of ether oxygens (including phenoxy) is 1. The summed E-state index contributed by atoms with van der Waals surface area (Å²) in [6.07, 6.45) is 1.39. The second-order valence-electron chi connectivity index (χ2n) is 4.82. The summed E-state index contributed by atoms with van der Waals surface area (Å²) in [5.41, 5.74) is 0. The molecule has 0 amide bonds. The molecule has 1 unspecified atom stereocenters. The Morgan fingerprint density at radius 2 is 2.26 bits per heavy atom. The van der Waals surface area contributed by atoms with Crippen molar-refractivity contribution in [3.8, 4) is 5.75 Å². The Morgan fingerprint density at radius 1 is 1.47 bits per heavy atom. The minimum atomic E-state index is -0.520. The maximum absolute atomic E-state index is 10.5. The first-order chi connectivity index (χ1) is 9.06. The summed E-state index contributed by atoms with van der Waals surface area (Å²) >= 11 is 0. The first kappa shape index (κ1) is 13.7. The predicted molar refractivity (Wildman–Crippen MR) is 70.3 cm³/mol. The summed E-state index contributed by atoms with van der Waals surface area (Å²) in [5.74, 6) is 0.397. The fraction of sp³-hybridized carbons (Fsp3) is 0.583. The van der Waals surface area contributed by atoms with Gasteiger partial charge in [0.1, 0.15) is 6.61 Å². The lowest BCUT2D eigenvalue weighted by molar-refractivity contribution is -0.389. The van der Waals surface area contributed by atoms with Crippen molar-refractivity contribution in [3.05, 3.63) is 28.4 Å². The molecule has 0 saturated carbocycles. The van der Waals surface area contributed by atoms with Gasteiger partial charge in [0.25, 0.3) is 0 Å². The van der Waals surface area contributed by atoms with Crippen LogP contribution in [0.15, 0.2) is 18.3 Å². The highest BCUT2D eigenvalue weighted by Crippen LogP contribution is 2.15. The predicted octanol–water partition coefficient (Wildman–Crippen LogP) is 0.614. The lowest BCUT2D eigenvalue weighted by Gasteiger charge is -2.37. The zero-order chi connectivity index (χ0) is 13.8. The third kappa shape index (κ3) is 3.62. The van der Waals surface area contributed by atoms with Crippen molar-refractivity contribution in [2.24, 2.45) is 0 Å². The highest BCUT2D eigenvalue weighted by atomic mass is 16.6. The van der Waals surface area contributed by atoms with Crippen molar-refractivity contribution in [3.63, 3.8) is 0 Å². The van der Waals surface area contributed by atoms with E-state index in [4.69, 9.17) is 4.74 Å². The van der Waals surface area contributed by atoms with Crippen LogP contribution in [-0.4, -0.2) is 66.1 Å². The smallest absolute Gasteiger partial charge is 0.363 e. The zero-order valence-electron chi connectivity index (χ0n) is 11.2. The van der Waals surface area contributed by atoms with Gasteiger partial charge in [-0.3, -0.25) is 4.90 Å². The van der Waals surface area contributed by atoms with Gasteiger partial charge in [-0.15, -0.1) is 0 Å². The lowest BCUT2D eigenvalue weighted by Crippen LogP contribution is -2.52. The second kappa shape index (κ2) is 5.94. The molecule has 2 heterocycles. The molecule has 0 spiro atoms. The summed E-state index contributed by atoms with van der Waals surface area (Å²) in [4.78, 5) is 18.2. The average molecular weight is 266 g/mol. The molecule has 7 heteroatoms. The Labute approximate surface area is 111 Å². The molecule has 7 nitrogen and oxygen atoms in total. The van der Waals surface area contributed by atoms with E-state index in [1.54, 1.807) is 6.07 Å². The van der Waals surface area contributed by atoms with Crippen LogP contribution in [0.25, 0.3) is 0 Å². The molecule has 1 atom stereocenters. The van der Waals surface area contributed by atoms with Gasteiger partial charge in [0.15, 0.2) is 11.9 Å². The summed E-state index contributed by atoms with van der Waals surface area (Å²) in [6.45, 7) is 3.59. The van der Waals surface area contributed by atoms with Gasteiger partial charge in [-0.1, -0.05) is 0 Å². The SMILES string of the molecule is CN1CCN(C)C(COc2ccc([N+](=O)[O-])nc2)C1. The molecule has 1 aromatic rings. The number of hydrogen-bond donors (Lipinski definition) is 0. The molecule has 1 aliphatic rings. The Kier molecular flexibility index (Phi) is 4.28. The van der Waals surface area contributed by atoms with E-state index in [0.29, 0.717) is 18.4 Å². The lowest BCUT2D eigenvalue weighted by atomic mass is 10.2. The fourth-order valence-electron chi connectivity index (χ4n) is 2.04. The van der Waals surface area contributed by atoms with Gasteiger partial charge in [-0.25, -0.2) is 0 Å². The van der Waals surface area contributed by atoms with E-state index in [-0.39, 0.29) is 5.82 Å². The standard InChI is InChI=1S/C12H18N4O3/c1-14-5-6-15(2)10(8-14)9-19-11-3-4-12(13-7-11)16(17)18/h3-4,7,10H,5-6,8-9H2,1-2H3. The van der Waals surface area contributed by atoms with E-state index < -0.39 is 4.92 Å². The van der Waals surface area contributed by atoms with Crippen LogP contribution in [0.5, 0.6) is 5.75 Å². The van der Waals surface area contributed by atoms with Crippen LogP contribution in [0.2, 0.25) is 0 Å². The van der Waals surface area contributed by atoms with Crippen molar-refractivity contribution >= 4 is 5.82 Å². The largest absolute Gasteiger partial charge is 0.488 e. The molecule has 0 aromatic carbocycles. The van der Waals surface area contributed by atoms with Crippen LogP contribution < -0.4 is 4.74 Å². The highest BCUT2D eigenvalue weighted by Gasteiger charge is 2.22. The van der Waals surface area contributed by atoms with Crippen molar-refractivity contribution in [2.45, 2.75) is 6.04 Å². The molecule has 2 rings (SSSR count). The molecule has 104 valence electrons. The van der Waals surface area contributed by atoms with Crippen molar-refractivity contribution in [1.29, 1.82) is 0 Å². The molecule has 0 bridgehead atoms.